The summed E-state index contributed by atoms with van der Waals surface area (Å²) in [4.78, 5) is 0. The molecule has 0 radical (unpaired) electrons. The summed E-state index contributed by atoms with van der Waals surface area (Å²) in [6.45, 7) is 0. The molecule has 0 saturated carbocycles. The standard InChI is InChI=1S/C43H32/c1-5-15-33(16-6-1)36-27-29-40(30-28-36)43(39-23-11-4-12-24-39,41-25-13-21-37(31-41)34-17-7-2-8-18-34)42-26-14-22-38(32-42)35-19-9-3-10-20-35/h1-32H. The van der Waals surface area contributed by atoms with E-state index in [9.17, 15) is 0 Å². The Morgan fingerprint density at radius 3 is 0.953 bits per heavy atom. The van der Waals surface area contributed by atoms with Gasteiger partial charge in [-0.15, -0.1) is 0 Å². The highest BCUT2D eigenvalue weighted by Gasteiger charge is 2.38. The number of rotatable bonds is 7. The Kier molecular flexibility index (Phi) is 7.26. The third-order valence-electron chi connectivity index (χ3n) is 8.44. The Hall–Kier alpha value is -5.46. The molecule has 0 heterocycles. The van der Waals surface area contributed by atoms with Crippen molar-refractivity contribution in [3.63, 3.8) is 0 Å². The lowest BCUT2D eigenvalue weighted by Gasteiger charge is -2.37. The second-order valence-electron chi connectivity index (χ2n) is 11.0. The summed E-state index contributed by atoms with van der Waals surface area (Å²) < 4.78 is 0. The van der Waals surface area contributed by atoms with E-state index in [1.165, 1.54) is 55.6 Å². The van der Waals surface area contributed by atoms with Gasteiger partial charge in [0.05, 0.1) is 5.41 Å². The van der Waals surface area contributed by atoms with Crippen LogP contribution < -0.4 is 0 Å². The number of hydrogen-bond acceptors (Lipinski definition) is 0. The highest BCUT2D eigenvalue weighted by molar-refractivity contribution is 5.72. The summed E-state index contributed by atoms with van der Waals surface area (Å²) in [6.07, 6.45) is 0. The van der Waals surface area contributed by atoms with Gasteiger partial charge in [-0.25, -0.2) is 0 Å². The molecule has 204 valence electrons. The van der Waals surface area contributed by atoms with Crippen molar-refractivity contribution >= 4 is 0 Å². The Morgan fingerprint density at radius 2 is 0.512 bits per heavy atom. The summed E-state index contributed by atoms with van der Waals surface area (Å²) in [5.41, 5.74) is 11.7. The van der Waals surface area contributed by atoms with Crippen LogP contribution in [0.15, 0.2) is 194 Å². The van der Waals surface area contributed by atoms with Gasteiger partial charge in [-0.3, -0.25) is 0 Å². The molecule has 0 heteroatoms. The Morgan fingerprint density at radius 1 is 0.209 bits per heavy atom. The molecule has 7 aromatic rings. The van der Waals surface area contributed by atoms with E-state index in [1.54, 1.807) is 0 Å². The van der Waals surface area contributed by atoms with Crippen molar-refractivity contribution in [3.8, 4) is 33.4 Å². The first kappa shape index (κ1) is 26.4. The normalized spacial score (nSPS) is 11.3. The minimum absolute atomic E-state index is 0.550. The molecule has 0 fully saturated rings. The van der Waals surface area contributed by atoms with Gasteiger partial charge in [-0.05, 0) is 67.8 Å². The van der Waals surface area contributed by atoms with E-state index >= 15 is 0 Å². The van der Waals surface area contributed by atoms with Gasteiger partial charge in [0.15, 0.2) is 0 Å². The van der Waals surface area contributed by atoms with Crippen LogP contribution in [0.2, 0.25) is 0 Å². The second kappa shape index (κ2) is 11.8. The molecule has 0 spiro atoms. The molecule has 0 atom stereocenters. The Bertz CT molecular complexity index is 1840. The third kappa shape index (κ3) is 5.09. The van der Waals surface area contributed by atoms with Crippen LogP contribution >= 0.6 is 0 Å². The summed E-state index contributed by atoms with van der Waals surface area (Å²) >= 11 is 0. The van der Waals surface area contributed by atoms with E-state index in [0.29, 0.717) is 0 Å². The van der Waals surface area contributed by atoms with Crippen molar-refractivity contribution in [2.24, 2.45) is 0 Å². The van der Waals surface area contributed by atoms with E-state index in [2.05, 4.69) is 194 Å². The first-order valence-corrected chi connectivity index (χ1v) is 14.9. The zero-order valence-electron chi connectivity index (χ0n) is 24.0. The van der Waals surface area contributed by atoms with E-state index in [0.717, 1.165) is 0 Å². The van der Waals surface area contributed by atoms with Crippen LogP contribution in [-0.4, -0.2) is 0 Å². The highest BCUT2D eigenvalue weighted by atomic mass is 14.4. The van der Waals surface area contributed by atoms with Gasteiger partial charge < -0.3 is 0 Å². The van der Waals surface area contributed by atoms with Crippen LogP contribution in [0.25, 0.3) is 33.4 Å². The van der Waals surface area contributed by atoms with E-state index < -0.39 is 5.41 Å². The predicted octanol–water partition coefficient (Wildman–Crippen LogP) is 11.1. The van der Waals surface area contributed by atoms with Crippen molar-refractivity contribution < 1.29 is 0 Å². The molecule has 7 aromatic carbocycles. The van der Waals surface area contributed by atoms with Crippen LogP contribution in [-0.2, 0) is 5.41 Å². The lowest BCUT2D eigenvalue weighted by atomic mass is 9.64. The minimum atomic E-state index is -0.550. The van der Waals surface area contributed by atoms with E-state index in [1.807, 2.05) is 0 Å². The van der Waals surface area contributed by atoms with Gasteiger partial charge in [0.25, 0.3) is 0 Å². The maximum absolute atomic E-state index is 2.38. The predicted molar refractivity (Wildman–Crippen MR) is 181 cm³/mol. The average Bonchev–Trinajstić information content (AvgIpc) is 3.11. The second-order valence-corrected chi connectivity index (χ2v) is 11.0. The van der Waals surface area contributed by atoms with Gasteiger partial charge in [-0.2, -0.15) is 0 Å². The lowest BCUT2D eigenvalue weighted by molar-refractivity contribution is 0.746. The molecule has 0 aliphatic rings. The summed E-state index contributed by atoms with van der Waals surface area (Å²) in [7, 11) is 0. The average molecular weight is 549 g/mol. The quantitative estimate of drug-likeness (QED) is 0.174. The van der Waals surface area contributed by atoms with Crippen LogP contribution in [0.1, 0.15) is 22.3 Å². The van der Waals surface area contributed by atoms with Crippen molar-refractivity contribution in [1.82, 2.24) is 0 Å². The van der Waals surface area contributed by atoms with Crippen molar-refractivity contribution in [2.75, 3.05) is 0 Å². The molecular weight excluding hydrogens is 516 g/mol. The van der Waals surface area contributed by atoms with Crippen LogP contribution in [0.3, 0.4) is 0 Å². The molecule has 43 heavy (non-hydrogen) atoms. The number of benzene rings is 7. The molecule has 0 amide bonds. The first-order chi connectivity index (χ1) is 21.3. The molecule has 0 unspecified atom stereocenters. The SMILES string of the molecule is c1ccc(-c2ccc(C(c3ccccc3)(c3cccc(-c4ccccc4)c3)c3cccc(-c4ccccc4)c3)cc2)cc1. The van der Waals surface area contributed by atoms with Crippen molar-refractivity contribution in [3.05, 3.63) is 216 Å². The highest BCUT2D eigenvalue weighted by Crippen LogP contribution is 2.47. The largest absolute Gasteiger partial charge is 0.0702 e. The molecule has 0 saturated heterocycles. The Labute approximate surface area is 254 Å². The summed E-state index contributed by atoms with van der Waals surface area (Å²) in [6, 6.07) is 70.3. The maximum Gasteiger partial charge on any atom is 0.0702 e. The van der Waals surface area contributed by atoms with Gasteiger partial charge in [0, 0.05) is 0 Å². The minimum Gasteiger partial charge on any atom is -0.0622 e. The molecule has 0 N–H and O–H groups in total. The molecule has 0 aromatic heterocycles. The lowest BCUT2D eigenvalue weighted by Crippen LogP contribution is -2.31. The van der Waals surface area contributed by atoms with Crippen LogP contribution in [0, 0.1) is 0 Å². The van der Waals surface area contributed by atoms with Gasteiger partial charge in [0.1, 0.15) is 0 Å². The third-order valence-corrected chi connectivity index (χ3v) is 8.44. The fourth-order valence-corrected chi connectivity index (χ4v) is 6.36. The first-order valence-electron chi connectivity index (χ1n) is 14.9. The van der Waals surface area contributed by atoms with Crippen LogP contribution in [0.5, 0.6) is 0 Å². The fraction of sp³-hybridized carbons (Fsp3) is 0.0233. The van der Waals surface area contributed by atoms with Gasteiger partial charge in [-0.1, -0.05) is 182 Å². The number of hydrogen-bond donors (Lipinski definition) is 0. The van der Waals surface area contributed by atoms with Crippen LogP contribution in [0.4, 0.5) is 0 Å². The zero-order valence-corrected chi connectivity index (χ0v) is 24.0. The smallest absolute Gasteiger partial charge is 0.0622 e. The molecular formula is C43H32. The van der Waals surface area contributed by atoms with Gasteiger partial charge >= 0.3 is 0 Å². The maximum atomic E-state index is 2.38. The summed E-state index contributed by atoms with van der Waals surface area (Å²) in [5.74, 6) is 0. The molecule has 0 nitrogen and oxygen atoms in total. The fourth-order valence-electron chi connectivity index (χ4n) is 6.36. The molecule has 0 aliphatic heterocycles. The van der Waals surface area contributed by atoms with Crippen molar-refractivity contribution in [1.29, 1.82) is 0 Å². The zero-order chi connectivity index (χ0) is 28.9. The molecule has 7 rings (SSSR count). The topological polar surface area (TPSA) is 0 Å². The Balaban J connectivity index is 1.52. The molecule has 0 aliphatic carbocycles. The molecule has 0 bridgehead atoms. The van der Waals surface area contributed by atoms with E-state index in [-0.39, 0.29) is 0 Å². The summed E-state index contributed by atoms with van der Waals surface area (Å²) in [5, 5.41) is 0. The van der Waals surface area contributed by atoms with Crippen molar-refractivity contribution in [2.45, 2.75) is 5.41 Å². The monoisotopic (exact) mass is 548 g/mol. The van der Waals surface area contributed by atoms with Gasteiger partial charge in [0.2, 0.25) is 0 Å². The van der Waals surface area contributed by atoms with E-state index in [4.69, 9.17) is 0 Å².